The molecule has 1 N–H and O–H groups in total. The van der Waals surface area contributed by atoms with Gasteiger partial charge >= 0.3 is 0 Å². The zero-order valence-electron chi connectivity index (χ0n) is 10.5. The number of hydrogen-bond donors (Lipinski definition) is 1. The van der Waals surface area contributed by atoms with Crippen molar-refractivity contribution in [2.24, 2.45) is 0 Å². The molecule has 0 spiro atoms. The molecule has 0 amide bonds. The van der Waals surface area contributed by atoms with Crippen molar-refractivity contribution in [3.05, 3.63) is 45.1 Å². The number of rotatable bonds is 5. The number of halogens is 1. The van der Waals surface area contributed by atoms with Crippen molar-refractivity contribution >= 4 is 22.9 Å². The van der Waals surface area contributed by atoms with Gasteiger partial charge in [-0.05, 0) is 32.0 Å². The van der Waals surface area contributed by atoms with Gasteiger partial charge in [-0.1, -0.05) is 18.5 Å². The van der Waals surface area contributed by atoms with Gasteiger partial charge in [0.1, 0.15) is 0 Å². The van der Waals surface area contributed by atoms with Crippen LogP contribution in [0.1, 0.15) is 35.7 Å². The SMILES string of the molecule is CCCNC(c1cnc(C)cn1)c1ccc(Cl)s1. The van der Waals surface area contributed by atoms with Crippen molar-refractivity contribution < 1.29 is 0 Å². The summed E-state index contributed by atoms with van der Waals surface area (Å²) in [4.78, 5) is 9.94. The van der Waals surface area contributed by atoms with Crippen LogP contribution in [0.4, 0.5) is 0 Å². The second kappa shape index (κ2) is 6.27. The summed E-state index contributed by atoms with van der Waals surface area (Å²) in [5, 5.41) is 3.48. The minimum atomic E-state index is 0.0792. The maximum atomic E-state index is 6.01. The van der Waals surface area contributed by atoms with Crippen LogP contribution in [0.25, 0.3) is 0 Å². The third kappa shape index (κ3) is 3.28. The second-order valence-electron chi connectivity index (χ2n) is 4.11. The Kier molecular flexibility index (Phi) is 4.69. The van der Waals surface area contributed by atoms with Crippen LogP contribution < -0.4 is 5.32 Å². The Bertz CT molecular complexity index is 495. The highest BCUT2D eigenvalue weighted by Crippen LogP contribution is 2.30. The standard InChI is InChI=1S/C13H16ClN3S/c1-3-6-15-13(11-4-5-12(14)18-11)10-8-16-9(2)7-17-10/h4-5,7-8,13,15H,3,6H2,1-2H3. The van der Waals surface area contributed by atoms with Crippen LogP contribution in [0, 0.1) is 6.92 Å². The summed E-state index contributed by atoms with van der Waals surface area (Å²) in [5.41, 5.74) is 1.87. The summed E-state index contributed by atoms with van der Waals surface area (Å²) in [5.74, 6) is 0. The lowest BCUT2D eigenvalue weighted by atomic mass is 10.1. The minimum Gasteiger partial charge on any atom is -0.304 e. The van der Waals surface area contributed by atoms with E-state index in [2.05, 4.69) is 22.2 Å². The zero-order chi connectivity index (χ0) is 13.0. The Morgan fingerprint density at radius 2 is 2.17 bits per heavy atom. The molecule has 3 nitrogen and oxygen atoms in total. The van der Waals surface area contributed by atoms with E-state index in [9.17, 15) is 0 Å². The van der Waals surface area contributed by atoms with E-state index in [0.29, 0.717) is 0 Å². The molecule has 0 fully saturated rings. The first-order valence-electron chi connectivity index (χ1n) is 5.98. The van der Waals surface area contributed by atoms with E-state index in [-0.39, 0.29) is 6.04 Å². The Morgan fingerprint density at radius 1 is 1.33 bits per heavy atom. The smallest absolute Gasteiger partial charge is 0.0931 e. The maximum Gasteiger partial charge on any atom is 0.0931 e. The highest BCUT2D eigenvalue weighted by molar-refractivity contribution is 7.16. The highest BCUT2D eigenvalue weighted by Gasteiger charge is 2.16. The number of nitrogens with one attached hydrogen (secondary N) is 1. The Labute approximate surface area is 116 Å². The first-order chi connectivity index (χ1) is 8.70. The lowest BCUT2D eigenvalue weighted by molar-refractivity contribution is 0.591. The van der Waals surface area contributed by atoms with Crippen molar-refractivity contribution in [3.8, 4) is 0 Å². The molecule has 0 radical (unpaired) electrons. The van der Waals surface area contributed by atoms with Gasteiger partial charge in [-0.2, -0.15) is 0 Å². The van der Waals surface area contributed by atoms with Gasteiger partial charge in [0.15, 0.2) is 0 Å². The van der Waals surface area contributed by atoms with E-state index < -0.39 is 0 Å². The molecule has 2 aromatic heterocycles. The van der Waals surface area contributed by atoms with E-state index in [4.69, 9.17) is 11.6 Å². The molecule has 18 heavy (non-hydrogen) atoms. The first kappa shape index (κ1) is 13.5. The molecule has 1 unspecified atom stereocenters. The summed E-state index contributed by atoms with van der Waals surface area (Å²) < 4.78 is 0.799. The number of aryl methyl sites for hydroxylation is 1. The summed E-state index contributed by atoms with van der Waals surface area (Å²) in [6.07, 6.45) is 4.70. The number of aromatic nitrogens is 2. The minimum absolute atomic E-state index is 0.0792. The lowest BCUT2D eigenvalue weighted by Crippen LogP contribution is -2.23. The molecule has 0 saturated carbocycles. The van der Waals surface area contributed by atoms with Gasteiger partial charge in [0.25, 0.3) is 0 Å². The molecule has 0 aliphatic heterocycles. The van der Waals surface area contributed by atoms with Crippen molar-refractivity contribution in [3.63, 3.8) is 0 Å². The molecule has 5 heteroatoms. The molecule has 0 aliphatic rings. The van der Waals surface area contributed by atoms with E-state index in [1.165, 1.54) is 4.88 Å². The van der Waals surface area contributed by atoms with Crippen LogP contribution in [0.2, 0.25) is 4.34 Å². The normalized spacial score (nSPS) is 12.6. The Morgan fingerprint density at radius 3 is 2.72 bits per heavy atom. The number of hydrogen-bond acceptors (Lipinski definition) is 4. The Hall–Kier alpha value is -0.970. The van der Waals surface area contributed by atoms with E-state index in [1.54, 1.807) is 17.5 Å². The molecule has 0 aromatic carbocycles. The molecule has 2 heterocycles. The van der Waals surface area contributed by atoms with Crippen LogP contribution in [0.3, 0.4) is 0 Å². The van der Waals surface area contributed by atoms with Gasteiger partial charge in [0, 0.05) is 11.1 Å². The molecule has 0 aliphatic carbocycles. The topological polar surface area (TPSA) is 37.8 Å². The lowest BCUT2D eigenvalue weighted by Gasteiger charge is -2.16. The van der Waals surface area contributed by atoms with Crippen LogP contribution in [0.15, 0.2) is 24.5 Å². The predicted octanol–water partition coefficient (Wildman–Crippen LogP) is 3.59. The number of thiophene rings is 1. The van der Waals surface area contributed by atoms with Gasteiger partial charge in [-0.25, -0.2) is 0 Å². The summed E-state index contributed by atoms with van der Waals surface area (Å²) in [7, 11) is 0. The quantitative estimate of drug-likeness (QED) is 0.910. The van der Waals surface area contributed by atoms with Gasteiger partial charge in [0.05, 0.1) is 28.0 Å². The Balaban J connectivity index is 2.27. The molecule has 0 saturated heterocycles. The molecule has 1 atom stereocenters. The molecule has 0 bridgehead atoms. The van der Waals surface area contributed by atoms with Gasteiger partial charge in [-0.15, -0.1) is 11.3 Å². The predicted molar refractivity (Wildman–Crippen MR) is 76.2 cm³/mol. The third-order valence-electron chi connectivity index (χ3n) is 2.57. The van der Waals surface area contributed by atoms with E-state index >= 15 is 0 Å². The largest absolute Gasteiger partial charge is 0.304 e. The summed E-state index contributed by atoms with van der Waals surface area (Å²) in [6, 6.07) is 4.04. The van der Waals surface area contributed by atoms with Crippen LogP contribution >= 0.6 is 22.9 Å². The monoisotopic (exact) mass is 281 g/mol. The maximum absolute atomic E-state index is 6.01. The van der Waals surface area contributed by atoms with Crippen LogP contribution in [-0.4, -0.2) is 16.5 Å². The third-order valence-corrected chi connectivity index (χ3v) is 3.87. The zero-order valence-corrected chi connectivity index (χ0v) is 12.1. The van der Waals surface area contributed by atoms with Gasteiger partial charge in [0.2, 0.25) is 0 Å². The average Bonchev–Trinajstić information content (AvgIpc) is 2.78. The second-order valence-corrected chi connectivity index (χ2v) is 5.86. The first-order valence-corrected chi connectivity index (χ1v) is 7.17. The average molecular weight is 282 g/mol. The van der Waals surface area contributed by atoms with Crippen LogP contribution in [-0.2, 0) is 0 Å². The van der Waals surface area contributed by atoms with E-state index in [0.717, 1.165) is 28.7 Å². The van der Waals surface area contributed by atoms with Crippen molar-refractivity contribution in [2.45, 2.75) is 26.3 Å². The highest BCUT2D eigenvalue weighted by atomic mass is 35.5. The van der Waals surface area contributed by atoms with Crippen LogP contribution in [0.5, 0.6) is 0 Å². The summed E-state index contributed by atoms with van der Waals surface area (Å²) in [6.45, 7) is 5.02. The van der Waals surface area contributed by atoms with Crippen molar-refractivity contribution in [1.82, 2.24) is 15.3 Å². The fraction of sp³-hybridized carbons (Fsp3) is 0.385. The summed E-state index contributed by atoms with van der Waals surface area (Å²) >= 11 is 7.59. The van der Waals surface area contributed by atoms with Gasteiger partial charge in [-0.3, -0.25) is 9.97 Å². The number of nitrogens with zero attached hydrogens (tertiary/aromatic N) is 2. The fourth-order valence-corrected chi connectivity index (χ4v) is 2.82. The fourth-order valence-electron chi connectivity index (χ4n) is 1.67. The molecule has 96 valence electrons. The van der Waals surface area contributed by atoms with Gasteiger partial charge < -0.3 is 5.32 Å². The molecular weight excluding hydrogens is 266 g/mol. The molecular formula is C13H16ClN3S. The van der Waals surface area contributed by atoms with Crippen molar-refractivity contribution in [2.75, 3.05) is 6.54 Å². The molecule has 2 rings (SSSR count). The van der Waals surface area contributed by atoms with Crippen molar-refractivity contribution in [1.29, 1.82) is 0 Å². The van der Waals surface area contributed by atoms with E-state index in [1.807, 2.05) is 25.3 Å². The molecule has 2 aromatic rings.